The van der Waals surface area contributed by atoms with E-state index in [2.05, 4.69) is 20.7 Å². The van der Waals surface area contributed by atoms with Crippen LogP contribution in [0.1, 0.15) is 18.5 Å². The van der Waals surface area contributed by atoms with Crippen molar-refractivity contribution in [1.29, 1.82) is 0 Å². The van der Waals surface area contributed by atoms with Crippen molar-refractivity contribution in [3.8, 4) is 0 Å². The highest BCUT2D eigenvalue weighted by molar-refractivity contribution is 9.10. The number of hydrogen-bond acceptors (Lipinski definition) is 2. The van der Waals surface area contributed by atoms with Gasteiger partial charge in [0.25, 0.3) is 0 Å². The summed E-state index contributed by atoms with van der Waals surface area (Å²) < 4.78 is 40.6. The van der Waals surface area contributed by atoms with Crippen LogP contribution in [0.5, 0.6) is 0 Å². The van der Waals surface area contributed by atoms with Gasteiger partial charge in [0.1, 0.15) is 5.82 Å². The Kier molecular flexibility index (Phi) is 5.03. The largest absolute Gasteiger partial charge is 0.241 e. The summed E-state index contributed by atoms with van der Waals surface area (Å²) in [5, 5.41) is 0.522. The van der Waals surface area contributed by atoms with E-state index >= 15 is 0 Å². The number of benzene rings is 2. The van der Waals surface area contributed by atoms with Gasteiger partial charge in [0.15, 0.2) is 0 Å². The zero-order valence-corrected chi connectivity index (χ0v) is 14.1. The maximum absolute atomic E-state index is 13.5. The van der Waals surface area contributed by atoms with Crippen molar-refractivity contribution in [2.24, 2.45) is 0 Å². The highest BCUT2D eigenvalue weighted by atomic mass is 79.9. The Hall–Kier alpha value is -0.950. The van der Waals surface area contributed by atoms with E-state index in [4.69, 9.17) is 11.6 Å². The molecule has 2 rings (SSSR count). The molecule has 1 unspecified atom stereocenters. The first-order valence-electron chi connectivity index (χ1n) is 6.02. The van der Waals surface area contributed by atoms with E-state index in [9.17, 15) is 12.8 Å². The normalized spacial score (nSPS) is 13.1. The molecule has 21 heavy (non-hydrogen) atoms. The third-order valence-corrected chi connectivity index (χ3v) is 5.30. The molecule has 0 fully saturated rings. The molecule has 0 amide bonds. The first-order valence-corrected chi connectivity index (χ1v) is 8.68. The second-order valence-electron chi connectivity index (χ2n) is 4.47. The predicted octanol–water partition coefficient (Wildman–Crippen LogP) is 4.28. The van der Waals surface area contributed by atoms with E-state index in [-0.39, 0.29) is 9.37 Å². The highest BCUT2D eigenvalue weighted by Gasteiger charge is 2.19. The third-order valence-electron chi connectivity index (χ3n) is 2.88. The van der Waals surface area contributed by atoms with Crippen LogP contribution in [0.2, 0.25) is 5.02 Å². The van der Waals surface area contributed by atoms with Crippen LogP contribution in [0, 0.1) is 5.82 Å². The molecule has 0 heterocycles. The Morgan fingerprint density at radius 3 is 2.57 bits per heavy atom. The van der Waals surface area contributed by atoms with Crippen LogP contribution in [0.25, 0.3) is 0 Å². The summed E-state index contributed by atoms with van der Waals surface area (Å²) in [4.78, 5) is -0.128. The summed E-state index contributed by atoms with van der Waals surface area (Å²) in [6.45, 7) is 1.69. The predicted molar refractivity (Wildman–Crippen MR) is 84.3 cm³/mol. The molecular formula is C14H12BrClFNO2S. The quantitative estimate of drug-likeness (QED) is 0.844. The van der Waals surface area contributed by atoms with Crippen LogP contribution in [0.15, 0.2) is 51.8 Å². The van der Waals surface area contributed by atoms with Gasteiger partial charge in [-0.1, -0.05) is 23.7 Å². The Balaban J connectivity index is 2.26. The molecule has 0 saturated carbocycles. The standard InChI is InChI=1S/C14H12BrClFNO2S/c1-9(10-3-2-4-11(16)7-10)18-21(19,20)12-5-6-13(15)14(17)8-12/h2-9,18H,1H3. The summed E-state index contributed by atoms with van der Waals surface area (Å²) in [7, 11) is -3.81. The second-order valence-corrected chi connectivity index (χ2v) is 7.48. The molecule has 1 N–H and O–H groups in total. The van der Waals surface area contributed by atoms with Crippen LogP contribution < -0.4 is 4.72 Å². The van der Waals surface area contributed by atoms with Gasteiger partial charge in [0.05, 0.1) is 9.37 Å². The zero-order valence-electron chi connectivity index (χ0n) is 11.0. The van der Waals surface area contributed by atoms with E-state index in [1.807, 2.05) is 0 Å². The van der Waals surface area contributed by atoms with Gasteiger partial charge in [0, 0.05) is 11.1 Å². The summed E-state index contributed by atoms with van der Waals surface area (Å²) in [6.07, 6.45) is 0. The van der Waals surface area contributed by atoms with Crippen molar-refractivity contribution in [3.63, 3.8) is 0 Å². The minimum absolute atomic E-state index is 0.128. The lowest BCUT2D eigenvalue weighted by molar-refractivity contribution is 0.563. The first-order chi connectivity index (χ1) is 9.79. The van der Waals surface area contributed by atoms with E-state index in [0.717, 1.165) is 11.6 Å². The molecule has 0 aliphatic rings. The highest BCUT2D eigenvalue weighted by Crippen LogP contribution is 2.22. The summed E-state index contributed by atoms with van der Waals surface area (Å²) in [5.74, 6) is -0.631. The molecule has 0 spiro atoms. The lowest BCUT2D eigenvalue weighted by Crippen LogP contribution is -2.27. The van der Waals surface area contributed by atoms with Gasteiger partial charge in [0.2, 0.25) is 10.0 Å². The van der Waals surface area contributed by atoms with Crippen molar-refractivity contribution in [2.45, 2.75) is 17.9 Å². The lowest BCUT2D eigenvalue weighted by Gasteiger charge is -2.15. The van der Waals surface area contributed by atoms with Gasteiger partial charge in [-0.3, -0.25) is 0 Å². The van der Waals surface area contributed by atoms with Crippen LogP contribution in [0.4, 0.5) is 4.39 Å². The molecule has 7 heteroatoms. The fourth-order valence-electron chi connectivity index (χ4n) is 1.79. The smallest absolute Gasteiger partial charge is 0.207 e. The fourth-order valence-corrected chi connectivity index (χ4v) is 3.48. The Labute approximate surface area is 136 Å². The SMILES string of the molecule is CC(NS(=O)(=O)c1ccc(Br)c(F)c1)c1cccc(Cl)c1. The fraction of sp³-hybridized carbons (Fsp3) is 0.143. The molecule has 3 nitrogen and oxygen atoms in total. The summed E-state index contributed by atoms with van der Waals surface area (Å²) in [6, 6.07) is 10.1. The van der Waals surface area contributed by atoms with Crippen LogP contribution in [-0.4, -0.2) is 8.42 Å². The maximum atomic E-state index is 13.5. The van der Waals surface area contributed by atoms with Gasteiger partial charge >= 0.3 is 0 Å². The number of sulfonamides is 1. The second kappa shape index (κ2) is 6.44. The number of nitrogens with one attached hydrogen (secondary N) is 1. The van der Waals surface area contributed by atoms with Crippen LogP contribution >= 0.6 is 27.5 Å². The molecule has 0 aromatic heterocycles. The van der Waals surface area contributed by atoms with E-state index in [1.54, 1.807) is 31.2 Å². The Morgan fingerprint density at radius 1 is 1.24 bits per heavy atom. The molecule has 112 valence electrons. The minimum Gasteiger partial charge on any atom is -0.207 e. The van der Waals surface area contributed by atoms with E-state index < -0.39 is 21.9 Å². The van der Waals surface area contributed by atoms with Gasteiger partial charge in [-0.2, -0.15) is 0 Å². The van der Waals surface area contributed by atoms with Gasteiger partial charge in [-0.05, 0) is 58.7 Å². The third kappa shape index (κ3) is 4.03. The minimum atomic E-state index is -3.81. The molecule has 0 saturated heterocycles. The zero-order chi connectivity index (χ0) is 15.6. The van der Waals surface area contributed by atoms with E-state index in [0.29, 0.717) is 5.02 Å². The van der Waals surface area contributed by atoms with Crippen molar-refractivity contribution >= 4 is 37.6 Å². The molecule has 0 radical (unpaired) electrons. The van der Waals surface area contributed by atoms with Crippen LogP contribution in [0.3, 0.4) is 0 Å². The molecule has 0 bridgehead atoms. The summed E-state index contributed by atoms with van der Waals surface area (Å²) in [5.41, 5.74) is 0.726. The molecular weight excluding hydrogens is 381 g/mol. The Morgan fingerprint density at radius 2 is 1.95 bits per heavy atom. The molecule has 0 aliphatic carbocycles. The van der Waals surface area contributed by atoms with Crippen molar-refractivity contribution in [1.82, 2.24) is 4.72 Å². The molecule has 2 aromatic carbocycles. The maximum Gasteiger partial charge on any atom is 0.241 e. The van der Waals surface area contributed by atoms with Crippen molar-refractivity contribution < 1.29 is 12.8 Å². The van der Waals surface area contributed by atoms with E-state index in [1.165, 1.54) is 12.1 Å². The Bertz CT molecular complexity index is 767. The van der Waals surface area contributed by atoms with Gasteiger partial charge in [-0.15, -0.1) is 0 Å². The molecule has 2 aromatic rings. The van der Waals surface area contributed by atoms with Crippen LogP contribution in [-0.2, 0) is 10.0 Å². The number of halogens is 3. The summed E-state index contributed by atoms with van der Waals surface area (Å²) >= 11 is 8.87. The average Bonchev–Trinajstić information content (AvgIpc) is 2.41. The van der Waals surface area contributed by atoms with Gasteiger partial charge < -0.3 is 0 Å². The topological polar surface area (TPSA) is 46.2 Å². The van der Waals surface area contributed by atoms with Gasteiger partial charge in [-0.25, -0.2) is 17.5 Å². The number of hydrogen-bond donors (Lipinski definition) is 1. The van der Waals surface area contributed by atoms with Crippen molar-refractivity contribution in [3.05, 3.63) is 63.3 Å². The average molecular weight is 393 g/mol. The lowest BCUT2D eigenvalue weighted by atomic mass is 10.1. The monoisotopic (exact) mass is 391 g/mol. The van der Waals surface area contributed by atoms with Crippen molar-refractivity contribution in [2.75, 3.05) is 0 Å². The molecule has 0 aliphatic heterocycles. The number of rotatable bonds is 4. The molecule has 1 atom stereocenters. The first kappa shape index (κ1) is 16.4.